The molecular formula is C15H28N4. The minimum Gasteiger partial charge on any atom is -0.314 e. The molecule has 1 aromatic heterocycles. The fraction of sp³-hybridized carbons (Fsp3) is 0.800. The fourth-order valence-electron chi connectivity index (χ4n) is 2.66. The predicted molar refractivity (Wildman–Crippen MR) is 79.2 cm³/mol. The van der Waals surface area contributed by atoms with Crippen LogP contribution >= 0.6 is 0 Å². The van der Waals surface area contributed by atoms with Crippen LogP contribution < -0.4 is 5.32 Å². The molecule has 1 N–H and O–H groups in total. The molecule has 0 bridgehead atoms. The van der Waals surface area contributed by atoms with Crippen molar-refractivity contribution in [2.45, 2.75) is 58.7 Å². The van der Waals surface area contributed by atoms with E-state index in [0.717, 1.165) is 32.6 Å². The monoisotopic (exact) mass is 264 g/mol. The van der Waals surface area contributed by atoms with Gasteiger partial charge in [-0.25, -0.2) is 0 Å². The molecule has 1 fully saturated rings. The topological polar surface area (TPSA) is 33.1 Å². The second kappa shape index (κ2) is 6.06. The number of rotatable bonds is 5. The van der Waals surface area contributed by atoms with Crippen molar-refractivity contribution >= 4 is 0 Å². The van der Waals surface area contributed by atoms with Crippen molar-refractivity contribution in [3.63, 3.8) is 0 Å². The molecule has 1 aromatic rings. The first-order chi connectivity index (χ1) is 9.09. The molecule has 1 saturated heterocycles. The first-order valence-electron chi connectivity index (χ1n) is 7.59. The van der Waals surface area contributed by atoms with Crippen molar-refractivity contribution in [1.82, 2.24) is 20.0 Å². The average Bonchev–Trinajstić information content (AvgIpc) is 2.89. The molecule has 19 heavy (non-hydrogen) atoms. The van der Waals surface area contributed by atoms with E-state index in [2.05, 4.69) is 54.9 Å². The molecule has 1 aliphatic rings. The van der Waals surface area contributed by atoms with Gasteiger partial charge in [0.2, 0.25) is 0 Å². The van der Waals surface area contributed by atoms with Crippen LogP contribution in [0.1, 0.15) is 52.3 Å². The summed E-state index contributed by atoms with van der Waals surface area (Å²) in [6.07, 6.45) is 4.42. The van der Waals surface area contributed by atoms with E-state index >= 15 is 0 Å². The number of hydrogen-bond donors (Lipinski definition) is 1. The summed E-state index contributed by atoms with van der Waals surface area (Å²) in [6.45, 7) is 13.3. The highest BCUT2D eigenvalue weighted by atomic mass is 15.3. The summed E-state index contributed by atoms with van der Waals surface area (Å²) < 4.78 is 2.10. The Morgan fingerprint density at radius 1 is 1.47 bits per heavy atom. The van der Waals surface area contributed by atoms with Crippen LogP contribution in [0, 0.1) is 0 Å². The molecule has 0 radical (unpaired) electrons. The molecule has 2 heterocycles. The van der Waals surface area contributed by atoms with E-state index in [-0.39, 0.29) is 5.54 Å². The van der Waals surface area contributed by atoms with Gasteiger partial charge >= 0.3 is 0 Å². The van der Waals surface area contributed by atoms with Gasteiger partial charge in [0.25, 0.3) is 0 Å². The van der Waals surface area contributed by atoms with Crippen LogP contribution in [0.5, 0.6) is 0 Å². The van der Waals surface area contributed by atoms with Crippen molar-refractivity contribution in [2.24, 2.45) is 0 Å². The number of hydrogen-bond acceptors (Lipinski definition) is 3. The second-order valence-electron chi connectivity index (χ2n) is 5.99. The van der Waals surface area contributed by atoms with E-state index in [1.807, 2.05) is 0 Å². The molecule has 0 spiro atoms. The van der Waals surface area contributed by atoms with Gasteiger partial charge in [-0.05, 0) is 32.8 Å². The number of nitrogens with zero attached hydrogens (tertiary/aromatic N) is 3. The van der Waals surface area contributed by atoms with Crippen LogP contribution in [0.15, 0.2) is 12.3 Å². The smallest absolute Gasteiger partial charge is 0.0765 e. The molecule has 0 amide bonds. The molecular weight excluding hydrogens is 236 g/mol. The van der Waals surface area contributed by atoms with Gasteiger partial charge in [-0.1, -0.05) is 13.8 Å². The van der Waals surface area contributed by atoms with Crippen LogP contribution in [0.4, 0.5) is 0 Å². The third-order valence-electron chi connectivity index (χ3n) is 4.65. The molecule has 2 atom stereocenters. The maximum atomic E-state index is 4.73. The Morgan fingerprint density at radius 2 is 2.26 bits per heavy atom. The zero-order chi connectivity index (χ0) is 13.9. The Hall–Kier alpha value is -0.870. The Morgan fingerprint density at radius 3 is 2.95 bits per heavy atom. The van der Waals surface area contributed by atoms with Crippen molar-refractivity contribution < 1.29 is 0 Å². The quantitative estimate of drug-likeness (QED) is 0.886. The Balaban J connectivity index is 2.05. The molecule has 0 aromatic carbocycles. The van der Waals surface area contributed by atoms with Crippen LogP contribution in [0.2, 0.25) is 0 Å². The van der Waals surface area contributed by atoms with E-state index in [0.29, 0.717) is 6.04 Å². The highest BCUT2D eigenvalue weighted by molar-refractivity contribution is 5.03. The zero-order valence-corrected chi connectivity index (χ0v) is 12.8. The van der Waals surface area contributed by atoms with E-state index in [1.54, 1.807) is 0 Å². The summed E-state index contributed by atoms with van der Waals surface area (Å²) in [5.41, 5.74) is 1.46. The largest absolute Gasteiger partial charge is 0.314 e. The average molecular weight is 264 g/mol. The number of piperazine rings is 1. The fourth-order valence-corrected chi connectivity index (χ4v) is 2.66. The lowest BCUT2D eigenvalue weighted by Crippen LogP contribution is -2.58. The summed E-state index contributed by atoms with van der Waals surface area (Å²) in [6, 6.07) is 2.67. The molecule has 108 valence electrons. The zero-order valence-electron chi connectivity index (χ0n) is 12.8. The molecule has 4 nitrogen and oxygen atoms in total. The summed E-state index contributed by atoms with van der Waals surface area (Å²) in [5.74, 6) is 0. The summed E-state index contributed by atoms with van der Waals surface area (Å²) in [4.78, 5) is 2.58. The first kappa shape index (κ1) is 14.5. The Kier molecular flexibility index (Phi) is 4.63. The lowest BCUT2D eigenvalue weighted by Gasteiger charge is -2.44. The first-order valence-corrected chi connectivity index (χ1v) is 7.59. The third-order valence-corrected chi connectivity index (χ3v) is 4.65. The van der Waals surface area contributed by atoms with E-state index in [4.69, 9.17) is 5.10 Å². The van der Waals surface area contributed by atoms with Crippen LogP contribution in [-0.4, -0.2) is 39.9 Å². The van der Waals surface area contributed by atoms with E-state index in [1.165, 1.54) is 12.1 Å². The molecule has 1 aliphatic heterocycles. The van der Waals surface area contributed by atoms with Gasteiger partial charge < -0.3 is 5.32 Å². The van der Waals surface area contributed by atoms with Crippen LogP contribution in [-0.2, 0) is 6.54 Å². The summed E-state index contributed by atoms with van der Waals surface area (Å²) >= 11 is 0. The molecule has 0 aliphatic carbocycles. The normalized spacial score (nSPS) is 26.5. The van der Waals surface area contributed by atoms with Gasteiger partial charge in [0.1, 0.15) is 0 Å². The maximum absolute atomic E-state index is 4.73. The Bertz CT molecular complexity index is 401. The van der Waals surface area contributed by atoms with Crippen molar-refractivity contribution in [3.05, 3.63) is 18.0 Å². The lowest BCUT2D eigenvalue weighted by atomic mass is 9.94. The standard InChI is InChI=1S/C15H28N4/c1-5-13(3)19-9-7-14(17-19)11-18-10-8-16-12-15(18,4)6-2/h7,9,13,16H,5-6,8,10-12H2,1-4H3. The van der Waals surface area contributed by atoms with Crippen LogP contribution in [0.25, 0.3) is 0 Å². The van der Waals surface area contributed by atoms with Gasteiger partial charge in [0.05, 0.1) is 5.69 Å². The predicted octanol–water partition coefficient (Wildman–Crippen LogP) is 2.43. The molecule has 2 rings (SSSR count). The van der Waals surface area contributed by atoms with Gasteiger partial charge in [-0.3, -0.25) is 9.58 Å². The lowest BCUT2D eigenvalue weighted by molar-refractivity contribution is 0.0623. The Labute approximate surface area is 117 Å². The third kappa shape index (κ3) is 3.18. The highest BCUT2D eigenvalue weighted by Crippen LogP contribution is 2.23. The van der Waals surface area contributed by atoms with Crippen molar-refractivity contribution in [2.75, 3.05) is 19.6 Å². The molecule has 0 saturated carbocycles. The van der Waals surface area contributed by atoms with Gasteiger partial charge in [-0.15, -0.1) is 0 Å². The molecule has 2 unspecified atom stereocenters. The summed E-state index contributed by atoms with van der Waals surface area (Å²) in [7, 11) is 0. The van der Waals surface area contributed by atoms with E-state index < -0.39 is 0 Å². The van der Waals surface area contributed by atoms with Gasteiger partial charge in [0, 0.05) is 44.0 Å². The molecule has 4 heteroatoms. The second-order valence-corrected chi connectivity index (χ2v) is 5.99. The van der Waals surface area contributed by atoms with Crippen LogP contribution in [0.3, 0.4) is 0 Å². The van der Waals surface area contributed by atoms with Gasteiger partial charge in [0.15, 0.2) is 0 Å². The van der Waals surface area contributed by atoms with Crippen molar-refractivity contribution in [1.29, 1.82) is 0 Å². The minimum atomic E-state index is 0.262. The van der Waals surface area contributed by atoms with Gasteiger partial charge in [-0.2, -0.15) is 5.10 Å². The SMILES string of the molecule is CCC(C)n1ccc(CN2CCNCC2(C)CC)n1. The highest BCUT2D eigenvalue weighted by Gasteiger charge is 2.32. The minimum absolute atomic E-state index is 0.262. The maximum Gasteiger partial charge on any atom is 0.0765 e. The van der Waals surface area contributed by atoms with Crippen molar-refractivity contribution in [3.8, 4) is 0 Å². The number of aromatic nitrogens is 2. The number of nitrogens with one attached hydrogen (secondary N) is 1. The summed E-state index contributed by atoms with van der Waals surface area (Å²) in [5, 5.41) is 8.24. The van der Waals surface area contributed by atoms with E-state index in [9.17, 15) is 0 Å².